The molecular formula is C17H15N3O2S. The van der Waals surface area contributed by atoms with Crippen LogP contribution in [0.15, 0.2) is 48.7 Å². The minimum absolute atomic E-state index is 0.155. The zero-order chi connectivity index (χ0) is 15.8. The number of thiophene rings is 1. The van der Waals surface area contributed by atoms with Crippen molar-refractivity contribution in [1.82, 2.24) is 15.5 Å². The Kier molecular flexibility index (Phi) is 3.48. The van der Waals surface area contributed by atoms with Gasteiger partial charge in [-0.15, -0.1) is 11.3 Å². The molecule has 0 saturated carbocycles. The Morgan fingerprint density at radius 2 is 2.13 bits per heavy atom. The van der Waals surface area contributed by atoms with Crippen molar-refractivity contribution in [2.24, 2.45) is 0 Å². The first kappa shape index (κ1) is 14.2. The van der Waals surface area contributed by atoms with Crippen LogP contribution in [0.4, 0.5) is 0 Å². The summed E-state index contributed by atoms with van der Waals surface area (Å²) in [6, 6.07) is 13.0. The van der Waals surface area contributed by atoms with E-state index in [0.717, 1.165) is 21.7 Å². The Morgan fingerprint density at radius 1 is 1.26 bits per heavy atom. The van der Waals surface area contributed by atoms with Crippen molar-refractivity contribution in [3.8, 4) is 10.6 Å². The molecule has 23 heavy (non-hydrogen) atoms. The second kappa shape index (κ2) is 5.64. The SMILES string of the molecule is O=C(N[C@@H]1Cc2ccccc2[C@H]1O)c1ccc(-c2ccn[nH]2)s1. The van der Waals surface area contributed by atoms with Gasteiger partial charge in [-0.25, -0.2) is 0 Å². The molecule has 5 nitrogen and oxygen atoms in total. The first-order chi connectivity index (χ1) is 11.2. The van der Waals surface area contributed by atoms with E-state index in [9.17, 15) is 9.90 Å². The van der Waals surface area contributed by atoms with E-state index in [2.05, 4.69) is 15.5 Å². The highest BCUT2D eigenvalue weighted by Gasteiger charge is 2.32. The molecule has 0 fully saturated rings. The molecule has 0 aliphatic heterocycles. The minimum Gasteiger partial charge on any atom is -0.386 e. The lowest BCUT2D eigenvalue weighted by Crippen LogP contribution is -2.37. The zero-order valence-electron chi connectivity index (χ0n) is 12.2. The molecule has 1 amide bonds. The molecule has 0 bridgehead atoms. The van der Waals surface area contributed by atoms with Crippen LogP contribution in [-0.2, 0) is 6.42 Å². The molecule has 6 heteroatoms. The number of aromatic nitrogens is 2. The summed E-state index contributed by atoms with van der Waals surface area (Å²) in [6.07, 6.45) is 1.69. The van der Waals surface area contributed by atoms with Gasteiger partial charge in [0.25, 0.3) is 5.91 Å². The number of nitrogens with zero attached hydrogens (tertiary/aromatic N) is 1. The summed E-state index contributed by atoms with van der Waals surface area (Å²) in [5.41, 5.74) is 2.89. The van der Waals surface area contributed by atoms with Gasteiger partial charge in [-0.2, -0.15) is 5.10 Å². The van der Waals surface area contributed by atoms with Crippen LogP contribution in [0, 0.1) is 0 Å². The van der Waals surface area contributed by atoms with Crippen molar-refractivity contribution in [1.29, 1.82) is 0 Å². The molecular weight excluding hydrogens is 310 g/mol. The summed E-state index contributed by atoms with van der Waals surface area (Å²) >= 11 is 1.40. The number of carbonyl (C=O) groups excluding carboxylic acids is 1. The normalized spacial score (nSPS) is 19.5. The number of carbonyl (C=O) groups is 1. The fourth-order valence-electron chi connectivity index (χ4n) is 2.94. The molecule has 3 N–H and O–H groups in total. The van der Waals surface area contributed by atoms with Gasteiger partial charge in [0.15, 0.2) is 0 Å². The molecule has 2 aromatic heterocycles. The molecule has 1 aliphatic rings. The largest absolute Gasteiger partial charge is 0.386 e. The fraction of sp³-hybridized carbons (Fsp3) is 0.176. The average molecular weight is 325 g/mol. The quantitative estimate of drug-likeness (QED) is 0.692. The number of benzene rings is 1. The number of aliphatic hydroxyl groups excluding tert-OH is 1. The van der Waals surface area contributed by atoms with E-state index in [-0.39, 0.29) is 11.9 Å². The lowest BCUT2D eigenvalue weighted by atomic mass is 10.1. The molecule has 2 heterocycles. The Bertz CT molecular complexity index is 841. The number of hydrogen-bond acceptors (Lipinski definition) is 4. The Morgan fingerprint density at radius 3 is 2.91 bits per heavy atom. The summed E-state index contributed by atoms with van der Waals surface area (Å²) in [6.45, 7) is 0. The molecule has 0 radical (unpaired) electrons. The van der Waals surface area contributed by atoms with Crippen LogP contribution in [0.25, 0.3) is 10.6 Å². The van der Waals surface area contributed by atoms with Crippen LogP contribution in [0.1, 0.15) is 26.9 Å². The first-order valence-electron chi connectivity index (χ1n) is 7.38. The lowest BCUT2D eigenvalue weighted by Gasteiger charge is -2.16. The number of hydrogen-bond donors (Lipinski definition) is 3. The maximum atomic E-state index is 12.4. The molecule has 0 saturated heterocycles. The number of nitrogens with one attached hydrogen (secondary N) is 2. The van der Waals surface area contributed by atoms with Crippen molar-refractivity contribution in [3.63, 3.8) is 0 Å². The number of amides is 1. The first-order valence-corrected chi connectivity index (χ1v) is 8.20. The van der Waals surface area contributed by atoms with E-state index < -0.39 is 6.10 Å². The van der Waals surface area contributed by atoms with Crippen LogP contribution < -0.4 is 5.32 Å². The molecule has 2 atom stereocenters. The predicted octanol–water partition coefficient (Wildman–Crippen LogP) is 2.53. The fourth-order valence-corrected chi connectivity index (χ4v) is 3.83. The van der Waals surface area contributed by atoms with Gasteiger partial charge < -0.3 is 10.4 Å². The van der Waals surface area contributed by atoms with Crippen LogP contribution in [-0.4, -0.2) is 27.3 Å². The summed E-state index contributed by atoms with van der Waals surface area (Å²) < 4.78 is 0. The van der Waals surface area contributed by atoms with E-state index in [0.29, 0.717) is 11.3 Å². The van der Waals surface area contributed by atoms with E-state index in [4.69, 9.17) is 0 Å². The molecule has 1 aromatic carbocycles. The van der Waals surface area contributed by atoms with Gasteiger partial charge in [-0.05, 0) is 35.7 Å². The second-order valence-electron chi connectivity index (χ2n) is 5.56. The van der Waals surface area contributed by atoms with E-state index in [1.165, 1.54) is 11.3 Å². The Labute approximate surface area is 137 Å². The minimum atomic E-state index is -0.651. The summed E-state index contributed by atoms with van der Waals surface area (Å²) in [7, 11) is 0. The van der Waals surface area contributed by atoms with E-state index in [1.807, 2.05) is 36.4 Å². The van der Waals surface area contributed by atoms with Crippen LogP contribution in [0.2, 0.25) is 0 Å². The third kappa shape index (κ3) is 2.56. The number of aromatic amines is 1. The topological polar surface area (TPSA) is 78.0 Å². The van der Waals surface area contributed by atoms with Gasteiger partial charge in [-0.3, -0.25) is 9.89 Å². The Balaban J connectivity index is 1.49. The maximum Gasteiger partial charge on any atom is 0.261 e. The molecule has 0 spiro atoms. The van der Waals surface area contributed by atoms with Crippen molar-refractivity contribution in [2.45, 2.75) is 18.6 Å². The molecule has 3 aromatic rings. The van der Waals surface area contributed by atoms with Crippen LogP contribution in [0.3, 0.4) is 0 Å². The smallest absolute Gasteiger partial charge is 0.261 e. The molecule has 1 aliphatic carbocycles. The highest BCUT2D eigenvalue weighted by atomic mass is 32.1. The maximum absolute atomic E-state index is 12.4. The number of H-pyrrole nitrogens is 1. The predicted molar refractivity (Wildman–Crippen MR) is 88.3 cm³/mol. The molecule has 116 valence electrons. The van der Waals surface area contributed by atoms with Gasteiger partial charge in [0.05, 0.1) is 27.6 Å². The summed E-state index contributed by atoms with van der Waals surface area (Å²) in [5, 5.41) is 20.1. The van der Waals surface area contributed by atoms with Gasteiger partial charge in [0.2, 0.25) is 0 Å². The second-order valence-corrected chi connectivity index (χ2v) is 6.65. The van der Waals surface area contributed by atoms with Crippen LogP contribution >= 0.6 is 11.3 Å². The summed E-state index contributed by atoms with van der Waals surface area (Å²) in [5.74, 6) is -0.155. The number of rotatable bonds is 3. The standard InChI is InChI=1S/C17H15N3O2S/c21-16-11-4-2-1-3-10(11)9-13(16)19-17(22)15-6-5-14(23-15)12-7-8-18-20-12/h1-8,13,16,21H,9H2,(H,18,20)(H,19,22)/t13-,16-/m1/s1. The van der Waals surface area contributed by atoms with Gasteiger partial charge >= 0.3 is 0 Å². The summed E-state index contributed by atoms with van der Waals surface area (Å²) in [4.78, 5) is 14.0. The van der Waals surface area contributed by atoms with Crippen molar-refractivity contribution in [2.75, 3.05) is 0 Å². The highest BCUT2D eigenvalue weighted by Crippen LogP contribution is 2.32. The zero-order valence-corrected chi connectivity index (χ0v) is 13.0. The monoisotopic (exact) mass is 325 g/mol. The van der Waals surface area contributed by atoms with Crippen LogP contribution in [0.5, 0.6) is 0 Å². The third-order valence-corrected chi connectivity index (χ3v) is 5.22. The average Bonchev–Trinajstić information content (AvgIpc) is 3.28. The third-order valence-electron chi connectivity index (χ3n) is 4.11. The van der Waals surface area contributed by atoms with Gasteiger partial charge in [0.1, 0.15) is 0 Å². The molecule has 0 unspecified atom stereocenters. The van der Waals surface area contributed by atoms with Crippen molar-refractivity contribution >= 4 is 17.2 Å². The lowest BCUT2D eigenvalue weighted by molar-refractivity contribution is 0.0862. The van der Waals surface area contributed by atoms with E-state index in [1.54, 1.807) is 12.3 Å². The number of fused-ring (bicyclic) bond motifs is 1. The van der Waals surface area contributed by atoms with Crippen molar-refractivity contribution in [3.05, 3.63) is 64.7 Å². The van der Waals surface area contributed by atoms with Crippen molar-refractivity contribution < 1.29 is 9.90 Å². The molecule has 4 rings (SSSR count). The Hall–Kier alpha value is -2.44. The highest BCUT2D eigenvalue weighted by molar-refractivity contribution is 7.17. The van der Waals surface area contributed by atoms with E-state index >= 15 is 0 Å². The number of aliphatic hydroxyl groups is 1. The van der Waals surface area contributed by atoms with Gasteiger partial charge in [0, 0.05) is 6.20 Å². The van der Waals surface area contributed by atoms with Gasteiger partial charge in [-0.1, -0.05) is 24.3 Å².